The molecule has 152 valence electrons. The Balaban J connectivity index is 1.73. The summed E-state index contributed by atoms with van der Waals surface area (Å²) in [5.41, 5.74) is 1.68. The number of methoxy groups -OCH3 is 2. The van der Waals surface area contributed by atoms with Gasteiger partial charge in [0, 0.05) is 12.2 Å². The van der Waals surface area contributed by atoms with Crippen molar-refractivity contribution in [2.45, 2.75) is 13.0 Å². The molecule has 1 unspecified atom stereocenters. The molecule has 2 rings (SSSR count). The van der Waals surface area contributed by atoms with E-state index in [0.717, 1.165) is 22.6 Å². The van der Waals surface area contributed by atoms with Gasteiger partial charge in [0.25, 0.3) is 0 Å². The molecular weight excluding hydrogens is 372 g/mol. The number of hydrogen-bond acceptors (Lipinski definition) is 6. The van der Waals surface area contributed by atoms with E-state index in [1.807, 2.05) is 24.3 Å². The van der Waals surface area contributed by atoms with E-state index in [-0.39, 0.29) is 6.61 Å². The maximum Gasteiger partial charge on any atom is 0.331 e. The average molecular weight is 396 g/mol. The van der Waals surface area contributed by atoms with Crippen LogP contribution in [0.1, 0.15) is 18.1 Å². The lowest BCUT2D eigenvalue weighted by molar-refractivity contribution is -0.151. The Morgan fingerprint density at radius 3 is 1.69 bits per heavy atom. The van der Waals surface area contributed by atoms with Crippen molar-refractivity contribution in [3.63, 3.8) is 0 Å². The van der Waals surface area contributed by atoms with Crippen LogP contribution in [0.4, 0.5) is 0 Å². The zero-order valence-electron chi connectivity index (χ0n) is 16.7. The minimum Gasteiger partial charge on any atom is -0.497 e. The van der Waals surface area contributed by atoms with Crippen LogP contribution in [0.5, 0.6) is 11.5 Å². The zero-order valence-corrected chi connectivity index (χ0v) is 16.7. The van der Waals surface area contributed by atoms with Gasteiger partial charge in [-0.15, -0.1) is 0 Å². The number of carbonyl (C=O) groups is 2. The highest BCUT2D eigenvalue weighted by atomic mass is 16.6. The highest BCUT2D eigenvalue weighted by Gasteiger charge is 2.09. The smallest absolute Gasteiger partial charge is 0.331 e. The Kier molecular flexibility index (Phi) is 8.51. The van der Waals surface area contributed by atoms with Crippen molar-refractivity contribution in [3.8, 4) is 11.5 Å². The Morgan fingerprint density at radius 2 is 1.24 bits per heavy atom. The second kappa shape index (κ2) is 11.3. The highest BCUT2D eigenvalue weighted by Crippen LogP contribution is 2.13. The summed E-state index contributed by atoms with van der Waals surface area (Å²) in [5, 5.41) is 0. The largest absolute Gasteiger partial charge is 0.497 e. The molecule has 2 aromatic rings. The van der Waals surface area contributed by atoms with Gasteiger partial charge in [-0.25, -0.2) is 9.59 Å². The molecule has 0 radical (unpaired) electrons. The summed E-state index contributed by atoms with van der Waals surface area (Å²) in [5.74, 6) is 0.443. The SMILES string of the molecule is COc1ccc(C=CC(=O)OCC(C)OC(=O)C=Cc2ccc(OC)cc2)cc1. The highest BCUT2D eigenvalue weighted by molar-refractivity contribution is 5.88. The molecule has 0 bridgehead atoms. The molecule has 6 heteroatoms. The van der Waals surface area contributed by atoms with Gasteiger partial charge in [0.1, 0.15) is 24.2 Å². The molecule has 0 saturated heterocycles. The molecule has 0 aliphatic heterocycles. The van der Waals surface area contributed by atoms with Crippen LogP contribution >= 0.6 is 0 Å². The van der Waals surface area contributed by atoms with Crippen molar-refractivity contribution in [2.24, 2.45) is 0 Å². The third-order valence-electron chi connectivity index (χ3n) is 3.83. The average Bonchev–Trinajstić information content (AvgIpc) is 2.75. The number of carbonyl (C=O) groups excluding carboxylic acids is 2. The lowest BCUT2D eigenvalue weighted by Gasteiger charge is -2.11. The summed E-state index contributed by atoms with van der Waals surface area (Å²) in [6.07, 6.45) is 5.35. The number of ether oxygens (including phenoxy) is 4. The third-order valence-corrected chi connectivity index (χ3v) is 3.83. The van der Waals surface area contributed by atoms with Crippen molar-refractivity contribution < 1.29 is 28.5 Å². The van der Waals surface area contributed by atoms with Gasteiger partial charge in [-0.1, -0.05) is 24.3 Å². The molecule has 2 aromatic carbocycles. The fourth-order valence-corrected chi connectivity index (χ4v) is 2.28. The molecular formula is C23H24O6. The predicted octanol–water partition coefficient (Wildman–Crippen LogP) is 3.91. The van der Waals surface area contributed by atoms with E-state index >= 15 is 0 Å². The summed E-state index contributed by atoms with van der Waals surface area (Å²) in [6.45, 7) is 1.62. The van der Waals surface area contributed by atoms with E-state index in [4.69, 9.17) is 18.9 Å². The van der Waals surface area contributed by atoms with Crippen LogP contribution in [0.25, 0.3) is 12.2 Å². The van der Waals surface area contributed by atoms with Crippen LogP contribution in [-0.4, -0.2) is 38.9 Å². The van der Waals surface area contributed by atoms with Gasteiger partial charge in [-0.05, 0) is 54.5 Å². The van der Waals surface area contributed by atoms with Gasteiger partial charge in [-0.3, -0.25) is 0 Å². The van der Waals surface area contributed by atoms with Crippen molar-refractivity contribution >= 4 is 24.1 Å². The van der Waals surface area contributed by atoms with Crippen LogP contribution in [0.2, 0.25) is 0 Å². The normalized spacial score (nSPS) is 12.0. The molecule has 1 atom stereocenters. The molecule has 0 amide bonds. The number of benzene rings is 2. The van der Waals surface area contributed by atoms with E-state index < -0.39 is 18.0 Å². The number of esters is 2. The lowest BCUT2D eigenvalue weighted by Crippen LogP contribution is -2.20. The third kappa shape index (κ3) is 7.92. The minimum absolute atomic E-state index is 0.0338. The van der Waals surface area contributed by atoms with E-state index in [9.17, 15) is 9.59 Å². The first-order chi connectivity index (χ1) is 14.0. The fourth-order valence-electron chi connectivity index (χ4n) is 2.28. The molecule has 0 heterocycles. The van der Waals surface area contributed by atoms with E-state index in [0.29, 0.717) is 0 Å². The summed E-state index contributed by atoms with van der Waals surface area (Å²) in [4.78, 5) is 23.7. The molecule has 6 nitrogen and oxygen atoms in total. The topological polar surface area (TPSA) is 71.1 Å². The first kappa shape index (κ1) is 21.8. The van der Waals surface area contributed by atoms with Gasteiger partial charge >= 0.3 is 11.9 Å². The lowest BCUT2D eigenvalue weighted by atomic mass is 10.2. The maximum absolute atomic E-state index is 11.9. The van der Waals surface area contributed by atoms with Crippen LogP contribution < -0.4 is 9.47 Å². The van der Waals surface area contributed by atoms with Crippen LogP contribution in [-0.2, 0) is 19.1 Å². The van der Waals surface area contributed by atoms with Crippen molar-refractivity contribution in [1.29, 1.82) is 0 Å². The van der Waals surface area contributed by atoms with Gasteiger partial charge in [0.05, 0.1) is 14.2 Å². The molecule has 0 aromatic heterocycles. The Hall–Kier alpha value is -3.54. The standard InChI is InChI=1S/C23H24O6/c1-17(29-23(25)15-9-19-6-12-21(27-3)13-7-19)16-28-22(24)14-8-18-4-10-20(26-2)11-5-18/h4-15,17H,16H2,1-3H3. The minimum atomic E-state index is -0.568. The summed E-state index contributed by atoms with van der Waals surface area (Å²) < 4.78 is 20.4. The number of hydrogen-bond donors (Lipinski definition) is 0. The van der Waals surface area contributed by atoms with E-state index in [1.165, 1.54) is 12.2 Å². The Morgan fingerprint density at radius 1 is 0.793 bits per heavy atom. The van der Waals surface area contributed by atoms with Gasteiger partial charge < -0.3 is 18.9 Å². The quantitative estimate of drug-likeness (QED) is 0.473. The fraction of sp³-hybridized carbons (Fsp3) is 0.217. The van der Waals surface area contributed by atoms with Crippen molar-refractivity contribution in [2.75, 3.05) is 20.8 Å². The Labute approximate surface area is 170 Å². The van der Waals surface area contributed by atoms with E-state index in [2.05, 4.69) is 0 Å². The maximum atomic E-state index is 11.9. The first-order valence-electron chi connectivity index (χ1n) is 9.02. The summed E-state index contributed by atoms with van der Waals surface area (Å²) in [7, 11) is 3.18. The van der Waals surface area contributed by atoms with Crippen LogP contribution in [0, 0.1) is 0 Å². The van der Waals surface area contributed by atoms with Crippen molar-refractivity contribution in [1.82, 2.24) is 0 Å². The first-order valence-corrected chi connectivity index (χ1v) is 9.02. The zero-order chi connectivity index (χ0) is 21.1. The molecule has 0 aliphatic carbocycles. The van der Waals surface area contributed by atoms with E-state index in [1.54, 1.807) is 57.6 Å². The predicted molar refractivity (Wildman–Crippen MR) is 111 cm³/mol. The molecule has 0 N–H and O–H groups in total. The number of rotatable bonds is 9. The summed E-state index contributed by atoms with van der Waals surface area (Å²) >= 11 is 0. The molecule has 0 saturated carbocycles. The molecule has 0 fully saturated rings. The van der Waals surface area contributed by atoms with Crippen molar-refractivity contribution in [3.05, 3.63) is 71.8 Å². The molecule has 0 aliphatic rings. The molecule has 0 spiro atoms. The molecule has 29 heavy (non-hydrogen) atoms. The second-order valence-corrected chi connectivity index (χ2v) is 6.09. The monoisotopic (exact) mass is 396 g/mol. The van der Waals surface area contributed by atoms with Crippen LogP contribution in [0.15, 0.2) is 60.7 Å². The second-order valence-electron chi connectivity index (χ2n) is 6.09. The van der Waals surface area contributed by atoms with Gasteiger partial charge in [0.15, 0.2) is 0 Å². The van der Waals surface area contributed by atoms with Gasteiger partial charge in [0.2, 0.25) is 0 Å². The summed E-state index contributed by atoms with van der Waals surface area (Å²) in [6, 6.07) is 14.5. The van der Waals surface area contributed by atoms with Crippen LogP contribution in [0.3, 0.4) is 0 Å². The van der Waals surface area contributed by atoms with Gasteiger partial charge in [-0.2, -0.15) is 0 Å². The Bertz CT molecular complexity index is 850.